The predicted molar refractivity (Wildman–Crippen MR) is 64.5 cm³/mol. The molecule has 0 rings (SSSR count). The molecule has 0 fully saturated rings. The topological polar surface area (TPSA) is 55.1 Å². The summed E-state index contributed by atoms with van der Waals surface area (Å²) in [6.07, 6.45) is 2.01. The van der Waals surface area contributed by atoms with Crippen molar-refractivity contribution in [3.63, 3.8) is 0 Å². The molecule has 1 amide bonds. The Labute approximate surface area is 93.8 Å². The molecule has 4 atom stereocenters. The largest absolute Gasteiger partial charge is 0.352 e. The van der Waals surface area contributed by atoms with E-state index in [1.165, 1.54) is 0 Å². The smallest absolute Gasteiger partial charge is 0.237 e. The lowest BCUT2D eigenvalue weighted by atomic mass is 9.97. The monoisotopic (exact) mass is 214 g/mol. The highest BCUT2D eigenvalue weighted by molar-refractivity contribution is 5.82. The second-order valence-corrected chi connectivity index (χ2v) is 4.59. The quantitative estimate of drug-likeness (QED) is 0.709. The van der Waals surface area contributed by atoms with Gasteiger partial charge in [-0.15, -0.1) is 0 Å². The Morgan fingerprint density at radius 3 is 2.00 bits per heavy atom. The summed E-state index contributed by atoms with van der Waals surface area (Å²) in [6, 6.07) is -0.167. The van der Waals surface area contributed by atoms with Crippen LogP contribution in [-0.4, -0.2) is 18.0 Å². The normalized spacial score (nSPS) is 19.1. The number of nitrogens with two attached hydrogens (primary N) is 1. The van der Waals surface area contributed by atoms with Crippen molar-refractivity contribution in [1.29, 1.82) is 0 Å². The molecule has 3 nitrogen and oxygen atoms in total. The van der Waals surface area contributed by atoms with Crippen LogP contribution in [0.3, 0.4) is 0 Å². The summed E-state index contributed by atoms with van der Waals surface area (Å²) < 4.78 is 0. The standard InChI is InChI=1S/C12H26N2O/c1-6-8(3)10(5)14-12(15)11(13)9(4)7-2/h8-11H,6-7,13H2,1-5H3,(H,14,15)/t8?,9?,10?,11-/m0/s1. The zero-order valence-electron chi connectivity index (χ0n) is 10.7. The Hall–Kier alpha value is -0.570. The van der Waals surface area contributed by atoms with Crippen LogP contribution in [0.4, 0.5) is 0 Å². The van der Waals surface area contributed by atoms with E-state index in [1.807, 2.05) is 13.8 Å². The third kappa shape index (κ3) is 4.65. The van der Waals surface area contributed by atoms with E-state index in [1.54, 1.807) is 0 Å². The summed E-state index contributed by atoms with van der Waals surface area (Å²) in [5.41, 5.74) is 5.85. The van der Waals surface area contributed by atoms with Crippen LogP contribution >= 0.6 is 0 Å². The van der Waals surface area contributed by atoms with Gasteiger partial charge in [-0.3, -0.25) is 4.79 Å². The van der Waals surface area contributed by atoms with Crippen molar-refractivity contribution in [3.05, 3.63) is 0 Å². The third-order valence-corrected chi connectivity index (χ3v) is 3.43. The first-order valence-electron chi connectivity index (χ1n) is 5.99. The van der Waals surface area contributed by atoms with E-state index in [2.05, 4.69) is 26.1 Å². The average molecular weight is 214 g/mol. The fraction of sp³-hybridized carbons (Fsp3) is 0.917. The molecular formula is C12H26N2O. The molecule has 0 heterocycles. The van der Waals surface area contributed by atoms with Crippen molar-refractivity contribution < 1.29 is 4.79 Å². The SMILES string of the molecule is CCC(C)C(C)NC(=O)[C@@H](N)C(C)CC. The molecule has 3 N–H and O–H groups in total. The molecule has 15 heavy (non-hydrogen) atoms. The van der Waals surface area contributed by atoms with Gasteiger partial charge in [0.2, 0.25) is 5.91 Å². The van der Waals surface area contributed by atoms with Gasteiger partial charge in [-0.1, -0.05) is 40.5 Å². The molecule has 0 aromatic rings. The van der Waals surface area contributed by atoms with Crippen molar-refractivity contribution in [3.8, 4) is 0 Å². The molecule has 0 aromatic heterocycles. The van der Waals surface area contributed by atoms with Crippen molar-refractivity contribution >= 4 is 5.91 Å². The first-order valence-corrected chi connectivity index (χ1v) is 5.99. The van der Waals surface area contributed by atoms with E-state index >= 15 is 0 Å². The maximum atomic E-state index is 11.7. The number of rotatable bonds is 6. The Morgan fingerprint density at radius 1 is 1.13 bits per heavy atom. The van der Waals surface area contributed by atoms with Gasteiger partial charge >= 0.3 is 0 Å². The maximum absolute atomic E-state index is 11.7. The van der Waals surface area contributed by atoms with Crippen molar-refractivity contribution in [2.75, 3.05) is 0 Å². The zero-order chi connectivity index (χ0) is 12.0. The first-order chi connectivity index (χ1) is 6.93. The molecule has 90 valence electrons. The highest BCUT2D eigenvalue weighted by Crippen LogP contribution is 2.09. The lowest BCUT2D eigenvalue weighted by Gasteiger charge is -2.24. The second kappa shape index (κ2) is 6.83. The van der Waals surface area contributed by atoms with Gasteiger partial charge in [0.15, 0.2) is 0 Å². The lowest BCUT2D eigenvalue weighted by Crippen LogP contribution is -2.49. The van der Waals surface area contributed by atoms with E-state index in [9.17, 15) is 4.79 Å². The summed E-state index contributed by atoms with van der Waals surface area (Å²) in [4.78, 5) is 11.7. The molecule has 0 saturated heterocycles. The molecule has 0 spiro atoms. The molecule has 0 radical (unpaired) electrons. The average Bonchev–Trinajstić information content (AvgIpc) is 2.25. The van der Waals surface area contributed by atoms with Crippen LogP contribution in [0, 0.1) is 11.8 Å². The second-order valence-electron chi connectivity index (χ2n) is 4.59. The number of amides is 1. The molecule has 0 aliphatic rings. The van der Waals surface area contributed by atoms with E-state index in [4.69, 9.17) is 5.73 Å². The maximum Gasteiger partial charge on any atom is 0.237 e. The molecular weight excluding hydrogens is 188 g/mol. The van der Waals surface area contributed by atoms with E-state index in [0.29, 0.717) is 5.92 Å². The molecule has 3 unspecified atom stereocenters. The molecule has 0 aromatic carbocycles. The van der Waals surface area contributed by atoms with Crippen LogP contribution in [0.15, 0.2) is 0 Å². The van der Waals surface area contributed by atoms with E-state index < -0.39 is 0 Å². The third-order valence-electron chi connectivity index (χ3n) is 3.43. The van der Waals surface area contributed by atoms with Crippen molar-refractivity contribution in [2.24, 2.45) is 17.6 Å². The summed E-state index contributed by atoms with van der Waals surface area (Å²) in [7, 11) is 0. The van der Waals surface area contributed by atoms with Crippen molar-refractivity contribution in [1.82, 2.24) is 5.32 Å². The van der Waals surface area contributed by atoms with Gasteiger partial charge in [-0.2, -0.15) is 0 Å². The Kier molecular flexibility index (Phi) is 6.57. The minimum Gasteiger partial charge on any atom is -0.352 e. The number of hydrogen-bond donors (Lipinski definition) is 2. The summed E-state index contributed by atoms with van der Waals surface area (Å²) in [5.74, 6) is 0.726. The zero-order valence-corrected chi connectivity index (χ0v) is 10.7. The van der Waals surface area contributed by atoms with Gasteiger partial charge in [0.1, 0.15) is 0 Å². The fourth-order valence-corrected chi connectivity index (χ4v) is 1.33. The van der Waals surface area contributed by atoms with Crippen LogP contribution in [0.1, 0.15) is 47.5 Å². The molecule has 0 aliphatic heterocycles. The lowest BCUT2D eigenvalue weighted by molar-refractivity contribution is -0.124. The molecule has 0 aliphatic carbocycles. The summed E-state index contributed by atoms with van der Waals surface area (Å²) >= 11 is 0. The van der Waals surface area contributed by atoms with Gasteiger partial charge in [0, 0.05) is 6.04 Å². The predicted octanol–water partition coefficient (Wildman–Crippen LogP) is 1.91. The summed E-state index contributed by atoms with van der Waals surface area (Å²) in [5, 5.41) is 2.98. The van der Waals surface area contributed by atoms with Gasteiger partial charge in [0.25, 0.3) is 0 Å². The summed E-state index contributed by atoms with van der Waals surface area (Å²) in [6.45, 7) is 10.4. The highest BCUT2D eigenvalue weighted by atomic mass is 16.2. The van der Waals surface area contributed by atoms with Crippen LogP contribution in [-0.2, 0) is 4.79 Å². The number of nitrogens with one attached hydrogen (secondary N) is 1. The van der Waals surface area contributed by atoms with Crippen molar-refractivity contribution in [2.45, 2.75) is 59.5 Å². The Balaban J connectivity index is 4.12. The van der Waals surface area contributed by atoms with Gasteiger partial charge < -0.3 is 11.1 Å². The van der Waals surface area contributed by atoms with Gasteiger partial charge in [-0.25, -0.2) is 0 Å². The van der Waals surface area contributed by atoms with Crippen LogP contribution in [0.2, 0.25) is 0 Å². The minimum absolute atomic E-state index is 0.0165. The van der Waals surface area contributed by atoms with Crippen LogP contribution < -0.4 is 11.1 Å². The highest BCUT2D eigenvalue weighted by Gasteiger charge is 2.22. The Morgan fingerprint density at radius 2 is 1.60 bits per heavy atom. The minimum atomic E-state index is -0.374. The van der Waals surface area contributed by atoms with Crippen LogP contribution in [0.25, 0.3) is 0 Å². The van der Waals surface area contributed by atoms with Gasteiger partial charge in [-0.05, 0) is 18.8 Å². The number of hydrogen-bond acceptors (Lipinski definition) is 2. The molecule has 0 bridgehead atoms. The number of carbonyl (C=O) groups is 1. The van der Waals surface area contributed by atoms with E-state index in [0.717, 1.165) is 12.8 Å². The molecule has 0 saturated carbocycles. The van der Waals surface area contributed by atoms with E-state index in [-0.39, 0.29) is 23.9 Å². The Bertz CT molecular complexity index is 194. The van der Waals surface area contributed by atoms with Gasteiger partial charge in [0.05, 0.1) is 6.04 Å². The molecule has 3 heteroatoms. The van der Waals surface area contributed by atoms with Crippen LogP contribution in [0.5, 0.6) is 0 Å². The fourth-order valence-electron chi connectivity index (χ4n) is 1.33. The number of carbonyl (C=O) groups excluding carboxylic acids is 1. The first kappa shape index (κ1) is 14.4.